The van der Waals surface area contributed by atoms with Crippen LogP contribution in [-0.2, 0) is 0 Å². The summed E-state index contributed by atoms with van der Waals surface area (Å²) in [5.74, 6) is 0.703. The lowest BCUT2D eigenvalue weighted by Gasteiger charge is -2.11. The molecule has 0 atom stereocenters. The molecule has 0 fully saturated rings. The molecule has 0 radical (unpaired) electrons. The maximum atomic E-state index is 5.17. The first-order chi connectivity index (χ1) is 27.8. The number of hydrogen-bond acceptors (Lipinski definition) is 3. The van der Waals surface area contributed by atoms with Crippen LogP contribution in [0.15, 0.2) is 200 Å². The number of aromatic nitrogens is 5. The molecule has 11 aromatic rings. The van der Waals surface area contributed by atoms with Crippen molar-refractivity contribution < 1.29 is 0 Å². The smallest absolute Gasteiger partial charge is 0.160 e. The van der Waals surface area contributed by atoms with Crippen LogP contribution in [0.2, 0.25) is 0 Å². The highest BCUT2D eigenvalue weighted by Gasteiger charge is 2.17. The van der Waals surface area contributed by atoms with Gasteiger partial charge in [-0.3, -0.25) is 4.57 Å². The predicted molar refractivity (Wildman–Crippen MR) is 230 cm³/mol. The topological polar surface area (TPSA) is 48.5 Å². The van der Waals surface area contributed by atoms with E-state index in [0.717, 1.165) is 67.1 Å². The molecule has 0 saturated carbocycles. The fourth-order valence-electron chi connectivity index (χ4n) is 8.12. The van der Waals surface area contributed by atoms with Crippen LogP contribution in [0.5, 0.6) is 0 Å². The Morgan fingerprint density at radius 1 is 0.321 bits per heavy atom. The van der Waals surface area contributed by atoms with E-state index < -0.39 is 0 Å². The molecule has 4 aromatic heterocycles. The van der Waals surface area contributed by atoms with E-state index in [0.29, 0.717) is 5.82 Å². The molecule has 0 N–H and O–H groups in total. The van der Waals surface area contributed by atoms with Crippen molar-refractivity contribution in [3.63, 3.8) is 0 Å². The third-order valence-electron chi connectivity index (χ3n) is 10.8. The third kappa shape index (κ3) is 5.29. The van der Waals surface area contributed by atoms with E-state index in [1.807, 2.05) is 42.6 Å². The largest absolute Gasteiger partial charge is 0.309 e. The molecule has 5 heteroatoms. The van der Waals surface area contributed by atoms with Gasteiger partial charge in [0.25, 0.3) is 0 Å². The highest BCUT2D eigenvalue weighted by atomic mass is 15.0. The summed E-state index contributed by atoms with van der Waals surface area (Å²) in [6.07, 6.45) is 2.01. The second-order valence-electron chi connectivity index (χ2n) is 14.1. The van der Waals surface area contributed by atoms with Crippen molar-refractivity contribution in [2.45, 2.75) is 0 Å². The monoisotopic (exact) mass is 715 g/mol. The first kappa shape index (κ1) is 31.9. The van der Waals surface area contributed by atoms with Gasteiger partial charge in [-0.05, 0) is 66.2 Å². The minimum atomic E-state index is 0.703. The first-order valence-corrected chi connectivity index (χ1v) is 18.9. The van der Waals surface area contributed by atoms with Gasteiger partial charge in [0.05, 0.1) is 27.9 Å². The lowest BCUT2D eigenvalue weighted by molar-refractivity contribution is 1.13. The third-order valence-corrected chi connectivity index (χ3v) is 10.8. The van der Waals surface area contributed by atoms with E-state index in [9.17, 15) is 0 Å². The Labute approximate surface area is 323 Å². The molecule has 0 aliphatic carbocycles. The van der Waals surface area contributed by atoms with Crippen molar-refractivity contribution in [3.05, 3.63) is 200 Å². The van der Waals surface area contributed by atoms with Crippen LogP contribution in [0.3, 0.4) is 0 Å². The van der Waals surface area contributed by atoms with Crippen molar-refractivity contribution in [2.75, 3.05) is 0 Å². The van der Waals surface area contributed by atoms with Gasteiger partial charge in [0, 0.05) is 61.4 Å². The standard InChI is InChI=1S/C51H33N5/c1-4-14-34(15-5-1)45-32-46(54-50(53-45)36-16-6-2-7-17-36)35-24-27-40(28-25-35)56-48-23-13-11-21-42(48)44-31-38(33-52-51(44)56)37-26-29-49-43(30-37)41-20-10-12-22-47(41)55(49)39-18-8-3-9-19-39/h1-33H. The Bertz CT molecular complexity index is 3160. The molecular weight excluding hydrogens is 683 g/mol. The summed E-state index contributed by atoms with van der Waals surface area (Å²) in [5, 5.41) is 4.74. The predicted octanol–water partition coefficient (Wildman–Crippen LogP) is 12.7. The van der Waals surface area contributed by atoms with Crippen molar-refractivity contribution in [1.82, 2.24) is 24.1 Å². The molecule has 0 aliphatic heterocycles. The van der Waals surface area contributed by atoms with Gasteiger partial charge in [0.15, 0.2) is 5.82 Å². The Morgan fingerprint density at radius 3 is 1.52 bits per heavy atom. The van der Waals surface area contributed by atoms with E-state index in [1.165, 1.54) is 27.2 Å². The maximum absolute atomic E-state index is 5.17. The Morgan fingerprint density at radius 2 is 0.821 bits per heavy atom. The van der Waals surface area contributed by atoms with Gasteiger partial charge >= 0.3 is 0 Å². The number of pyridine rings is 1. The number of hydrogen-bond donors (Lipinski definition) is 0. The highest BCUT2D eigenvalue weighted by molar-refractivity contribution is 6.12. The van der Waals surface area contributed by atoms with Gasteiger partial charge < -0.3 is 4.57 Å². The highest BCUT2D eigenvalue weighted by Crippen LogP contribution is 2.38. The summed E-state index contributed by atoms with van der Waals surface area (Å²) in [5.41, 5.74) is 13.6. The molecule has 0 aliphatic rings. The van der Waals surface area contributed by atoms with E-state index in [2.05, 4.69) is 167 Å². The Kier molecular flexibility index (Phi) is 7.42. The molecule has 5 nitrogen and oxygen atoms in total. The van der Waals surface area contributed by atoms with Crippen LogP contribution >= 0.6 is 0 Å². The molecule has 0 spiro atoms. The van der Waals surface area contributed by atoms with Crippen LogP contribution in [0, 0.1) is 0 Å². The van der Waals surface area contributed by atoms with E-state index in [1.54, 1.807) is 0 Å². The second-order valence-corrected chi connectivity index (χ2v) is 14.1. The molecule has 0 bridgehead atoms. The lowest BCUT2D eigenvalue weighted by atomic mass is 10.0. The summed E-state index contributed by atoms with van der Waals surface area (Å²) in [7, 11) is 0. The number of fused-ring (bicyclic) bond motifs is 6. The number of para-hydroxylation sites is 3. The Hall–Kier alpha value is -7.63. The average Bonchev–Trinajstić information content (AvgIpc) is 3.79. The SMILES string of the molecule is c1ccc(-c2cc(-c3ccc(-n4c5ccccc5c5cc(-c6ccc7c(c6)c6ccccc6n7-c6ccccc6)cnc54)cc3)nc(-c3ccccc3)n2)cc1. The zero-order chi connectivity index (χ0) is 37.0. The summed E-state index contributed by atoms with van der Waals surface area (Å²) in [4.78, 5) is 15.2. The molecule has 11 rings (SSSR count). The number of benzene rings is 7. The van der Waals surface area contributed by atoms with Gasteiger partial charge in [0.1, 0.15) is 5.65 Å². The lowest BCUT2D eigenvalue weighted by Crippen LogP contribution is -1.97. The summed E-state index contributed by atoms with van der Waals surface area (Å²) in [6.45, 7) is 0. The molecule has 0 saturated heterocycles. The quantitative estimate of drug-likeness (QED) is 0.172. The summed E-state index contributed by atoms with van der Waals surface area (Å²) in [6, 6.07) is 68.1. The fraction of sp³-hybridized carbons (Fsp3) is 0. The van der Waals surface area contributed by atoms with Crippen LogP contribution in [0.4, 0.5) is 0 Å². The molecular formula is C51H33N5. The normalized spacial score (nSPS) is 11.6. The maximum Gasteiger partial charge on any atom is 0.160 e. The summed E-state index contributed by atoms with van der Waals surface area (Å²) < 4.78 is 4.61. The molecule has 262 valence electrons. The van der Waals surface area contributed by atoms with Gasteiger partial charge in [-0.25, -0.2) is 15.0 Å². The molecule has 56 heavy (non-hydrogen) atoms. The number of rotatable bonds is 6. The van der Waals surface area contributed by atoms with Crippen molar-refractivity contribution >= 4 is 43.7 Å². The van der Waals surface area contributed by atoms with Gasteiger partial charge in [-0.15, -0.1) is 0 Å². The molecule has 4 heterocycles. The average molecular weight is 716 g/mol. The van der Waals surface area contributed by atoms with E-state index in [-0.39, 0.29) is 0 Å². The van der Waals surface area contributed by atoms with Gasteiger partial charge in [-0.1, -0.05) is 133 Å². The minimum absolute atomic E-state index is 0.703. The minimum Gasteiger partial charge on any atom is -0.309 e. The molecule has 0 amide bonds. The van der Waals surface area contributed by atoms with Crippen molar-refractivity contribution in [3.8, 4) is 56.4 Å². The van der Waals surface area contributed by atoms with Crippen molar-refractivity contribution in [2.24, 2.45) is 0 Å². The summed E-state index contributed by atoms with van der Waals surface area (Å²) >= 11 is 0. The van der Waals surface area contributed by atoms with Crippen LogP contribution in [0.1, 0.15) is 0 Å². The zero-order valence-corrected chi connectivity index (χ0v) is 30.3. The second kappa shape index (κ2) is 13.0. The van der Waals surface area contributed by atoms with Gasteiger partial charge in [-0.2, -0.15) is 0 Å². The van der Waals surface area contributed by atoms with Crippen LogP contribution in [0.25, 0.3) is 100 Å². The van der Waals surface area contributed by atoms with E-state index in [4.69, 9.17) is 15.0 Å². The van der Waals surface area contributed by atoms with Crippen molar-refractivity contribution in [1.29, 1.82) is 0 Å². The Balaban J connectivity index is 1.01. The van der Waals surface area contributed by atoms with Crippen LogP contribution < -0.4 is 0 Å². The first-order valence-electron chi connectivity index (χ1n) is 18.9. The van der Waals surface area contributed by atoms with E-state index >= 15 is 0 Å². The fourth-order valence-corrected chi connectivity index (χ4v) is 8.12. The zero-order valence-electron chi connectivity index (χ0n) is 30.3. The molecule has 7 aromatic carbocycles. The van der Waals surface area contributed by atoms with Gasteiger partial charge in [0.2, 0.25) is 0 Å². The number of nitrogens with zero attached hydrogens (tertiary/aromatic N) is 5. The van der Waals surface area contributed by atoms with Crippen LogP contribution in [-0.4, -0.2) is 24.1 Å². The molecule has 0 unspecified atom stereocenters.